The third-order valence-electron chi connectivity index (χ3n) is 4.64. The second kappa shape index (κ2) is 6.70. The molecule has 4 heterocycles. The van der Waals surface area contributed by atoms with Gasteiger partial charge >= 0.3 is 0 Å². The van der Waals surface area contributed by atoms with Crippen molar-refractivity contribution in [2.24, 2.45) is 5.92 Å². The Morgan fingerprint density at radius 2 is 2.12 bits per heavy atom. The number of carbonyl (C=O) groups is 1. The molecule has 2 aliphatic rings. The molecular weight excluding hydrogens is 308 g/mol. The van der Waals surface area contributed by atoms with Gasteiger partial charge in [-0.2, -0.15) is 0 Å². The summed E-state index contributed by atoms with van der Waals surface area (Å²) in [5.74, 6) is 0.449. The van der Waals surface area contributed by atoms with E-state index in [1.807, 2.05) is 11.0 Å². The average Bonchev–Trinajstić information content (AvgIpc) is 3.22. The maximum atomic E-state index is 12.5. The Labute approximate surface area is 140 Å². The largest absolute Gasteiger partial charge is 0.472 e. The summed E-state index contributed by atoms with van der Waals surface area (Å²) in [5.41, 5.74) is 1.16. The number of hydrogen-bond acceptors (Lipinski definition) is 6. The van der Waals surface area contributed by atoms with Crippen molar-refractivity contribution in [1.82, 2.24) is 19.8 Å². The Balaban J connectivity index is 1.41. The highest BCUT2D eigenvalue weighted by Crippen LogP contribution is 2.25. The highest BCUT2D eigenvalue weighted by Gasteiger charge is 2.39. The van der Waals surface area contributed by atoms with Crippen LogP contribution in [0.5, 0.6) is 0 Å². The molecule has 0 N–H and O–H groups in total. The van der Waals surface area contributed by atoms with Gasteiger partial charge in [0.15, 0.2) is 0 Å². The van der Waals surface area contributed by atoms with Crippen LogP contribution in [0.15, 0.2) is 41.5 Å². The van der Waals surface area contributed by atoms with Gasteiger partial charge in [0.1, 0.15) is 0 Å². The lowest BCUT2D eigenvalue weighted by molar-refractivity contribution is 0.0480. The lowest BCUT2D eigenvalue weighted by atomic mass is 10.1. The van der Waals surface area contributed by atoms with Crippen molar-refractivity contribution >= 4 is 5.91 Å². The summed E-state index contributed by atoms with van der Waals surface area (Å²) in [6.07, 6.45) is 6.75. The first-order chi connectivity index (χ1) is 11.8. The van der Waals surface area contributed by atoms with E-state index in [1.54, 1.807) is 31.0 Å². The van der Waals surface area contributed by atoms with E-state index in [0.717, 1.165) is 25.2 Å². The number of fused-ring (bicyclic) bond motifs is 1. The molecule has 0 radical (unpaired) electrons. The van der Waals surface area contributed by atoms with E-state index in [1.165, 1.54) is 0 Å². The molecule has 0 bridgehead atoms. The van der Waals surface area contributed by atoms with Crippen LogP contribution in [-0.2, 0) is 11.3 Å². The highest BCUT2D eigenvalue weighted by atomic mass is 16.5. The number of aromatic nitrogens is 2. The maximum absolute atomic E-state index is 12.5. The van der Waals surface area contributed by atoms with Gasteiger partial charge in [0, 0.05) is 56.6 Å². The Kier molecular flexibility index (Phi) is 4.27. The van der Waals surface area contributed by atoms with Gasteiger partial charge in [0.05, 0.1) is 25.2 Å². The number of carbonyl (C=O) groups excluding carboxylic acids is 1. The van der Waals surface area contributed by atoms with Gasteiger partial charge in [0.25, 0.3) is 5.91 Å². The summed E-state index contributed by atoms with van der Waals surface area (Å²) < 4.78 is 11.1. The molecule has 2 fully saturated rings. The summed E-state index contributed by atoms with van der Waals surface area (Å²) >= 11 is 0. The summed E-state index contributed by atoms with van der Waals surface area (Å²) in [4.78, 5) is 24.8. The van der Waals surface area contributed by atoms with Crippen LogP contribution in [0.4, 0.5) is 0 Å². The first kappa shape index (κ1) is 15.3. The zero-order chi connectivity index (χ0) is 16.4. The van der Waals surface area contributed by atoms with Gasteiger partial charge in [-0.3, -0.25) is 9.69 Å². The quantitative estimate of drug-likeness (QED) is 0.838. The SMILES string of the molecule is O=C(c1ncccn1)N1C[C@@H]2CN(Cc3ccoc3)CCO[C@@H]2C1. The van der Waals surface area contributed by atoms with Crippen molar-refractivity contribution in [3.05, 3.63) is 48.4 Å². The molecule has 0 saturated carbocycles. The van der Waals surface area contributed by atoms with E-state index in [4.69, 9.17) is 9.15 Å². The predicted molar refractivity (Wildman–Crippen MR) is 85.2 cm³/mol. The minimum Gasteiger partial charge on any atom is -0.472 e. The van der Waals surface area contributed by atoms with Gasteiger partial charge in [-0.25, -0.2) is 9.97 Å². The van der Waals surface area contributed by atoms with Crippen molar-refractivity contribution < 1.29 is 13.9 Å². The van der Waals surface area contributed by atoms with E-state index in [-0.39, 0.29) is 17.8 Å². The number of furan rings is 1. The number of amides is 1. The highest BCUT2D eigenvalue weighted by molar-refractivity contribution is 5.90. The minimum atomic E-state index is -0.117. The fourth-order valence-electron chi connectivity index (χ4n) is 3.46. The van der Waals surface area contributed by atoms with Gasteiger partial charge in [-0.1, -0.05) is 0 Å². The third-order valence-corrected chi connectivity index (χ3v) is 4.64. The lowest BCUT2D eigenvalue weighted by Crippen LogP contribution is -2.34. The van der Waals surface area contributed by atoms with Gasteiger partial charge in [0.2, 0.25) is 5.82 Å². The van der Waals surface area contributed by atoms with E-state index in [0.29, 0.717) is 25.6 Å². The monoisotopic (exact) mass is 328 g/mol. The van der Waals surface area contributed by atoms with Crippen LogP contribution in [0.2, 0.25) is 0 Å². The normalized spacial score (nSPS) is 24.6. The summed E-state index contributed by atoms with van der Waals surface area (Å²) in [5, 5.41) is 0. The van der Waals surface area contributed by atoms with Crippen molar-refractivity contribution in [2.45, 2.75) is 12.6 Å². The second-order valence-electron chi connectivity index (χ2n) is 6.32. The molecular formula is C17H20N4O3. The van der Waals surface area contributed by atoms with Crippen LogP contribution in [-0.4, -0.2) is 64.6 Å². The zero-order valence-corrected chi connectivity index (χ0v) is 13.4. The number of nitrogens with zero attached hydrogens (tertiary/aromatic N) is 4. The number of rotatable bonds is 3. The Bertz CT molecular complexity index is 676. The molecule has 7 heteroatoms. The molecule has 2 atom stereocenters. The zero-order valence-electron chi connectivity index (χ0n) is 13.4. The molecule has 126 valence electrons. The molecule has 24 heavy (non-hydrogen) atoms. The molecule has 0 aromatic carbocycles. The molecule has 2 aliphatic heterocycles. The molecule has 4 rings (SSSR count). The van der Waals surface area contributed by atoms with Crippen molar-refractivity contribution in [1.29, 1.82) is 0 Å². The predicted octanol–water partition coefficient (Wildman–Crippen LogP) is 1.04. The number of likely N-dealkylation sites (tertiary alicyclic amines) is 1. The van der Waals surface area contributed by atoms with Crippen molar-refractivity contribution in [3.8, 4) is 0 Å². The molecule has 7 nitrogen and oxygen atoms in total. The fraction of sp³-hybridized carbons (Fsp3) is 0.471. The van der Waals surface area contributed by atoms with E-state index in [2.05, 4.69) is 14.9 Å². The van der Waals surface area contributed by atoms with Crippen LogP contribution in [0.1, 0.15) is 16.2 Å². The number of hydrogen-bond donors (Lipinski definition) is 0. The summed E-state index contributed by atoms with van der Waals surface area (Å²) in [6.45, 7) is 4.63. The van der Waals surface area contributed by atoms with E-state index in [9.17, 15) is 4.79 Å². The average molecular weight is 328 g/mol. The molecule has 2 saturated heterocycles. The lowest BCUT2D eigenvalue weighted by Gasteiger charge is -2.22. The maximum Gasteiger partial charge on any atom is 0.291 e. The van der Waals surface area contributed by atoms with Gasteiger partial charge in [-0.15, -0.1) is 0 Å². The van der Waals surface area contributed by atoms with Crippen LogP contribution in [0.3, 0.4) is 0 Å². The van der Waals surface area contributed by atoms with Crippen molar-refractivity contribution in [2.75, 3.05) is 32.8 Å². The molecule has 2 aromatic rings. The first-order valence-corrected chi connectivity index (χ1v) is 8.21. The summed E-state index contributed by atoms with van der Waals surface area (Å²) in [7, 11) is 0. The number of ether oxygens (including phenoxy) is 1. The minimum absolute atomic E-state index is 0.0898. The van der Waals surface area contributed by atoms with E-state index >= 15 is 0 Å². The van der Waals surface area contributed by atoms with Crippen LogP contribution < -0.4 is 0 Å². The van der Waals surface area contributed by atoms with Crippen LogP contribution in [0.25, 0.3) is 0 Å². The molecule has 2 aromatic heterocycles. The Morgan fingerprint density at radius 3 is 2.92 bits per heavy atom. The van der Waals surface area contributed by atoms with Gasteiger partial charge in [-0.05, 0) is 12.1 Å². The summed E-state index contributed by atoms with van der Waals surface area (Å²) in [6, 6.07) is 3.70. The second-order valence-corrected chi connectivity index (χ2v) is 6.32. The molecule has 0 unspecified atom stereocenters. The molecule has 0 aliphatic carbocycles. The van der Waals surface area contributed by atoms with Crippen molar-refractivity contribution in [3.63, 3.8) is 0 Å². The molecule has 1 amide bonds. The van der Waals surface area contributed by atoms with Gasteiger partial charge < -0.3 is 14.1 Å². The Morgan fingerprint density at radius 1 is 1.25 bits per heavy atom. The molecule has 0 spiro atoms. The Hall–Kier alpha value is -2.25. The standard InChI is InChI=1S/C17H20N4O3/c22-17(16-18-3-1-4-19-16)21-10-14-9-20(5-7-24-15(14)11-21)8-13-2-6-23-12-13/h1-4,6,12,14-15H,5,7-11H2/t14-,15+/m0/s1. The topological polar surface area (TPSA) is 71.7 Å². The first-order valence-electron chi connectivity index (χ1n) is 8.21. The van der Waals surface area contributed by atoms with Crippen LogP contribution >= 0.6 is 0 Å². The smallest absolute Gasteiger partial charge is 0.291 e. The fourth-order valence-corrected chi connectivity index (χ4v) is 3.46. The third kappa shape index (κ3) is 3.18. The van der Waals surface area contributed by atoms with Crippen LogP contribution in [0, 0.1) is 5.92 Å². The van der Waals surface area contributed by atoms with E-state index < -0.39 is 0 Å².